The number of halogens is 3. The van der Waals surface area contributed by atoms with Gasteiger partial charge in [-0.1, -0.05) is 11.3 Å². The van der Waals surface area contributed by atoms with Gasteiger partial charge >= 0.3 is 12.3 Å². The summed E-state index contributed by atoms with van der Waals surface area (Å²) in [5.74, 6) is -1.87. The fourth-order valence-electron chi connectivity index (χ4n) is 5.75. The van der Waals surface area contributed by atoms with E-state index in [1.54, 1.807) is 6.07 Å². The predicted molar refractivity (Wildman–Crippen MR) is 160 cm³/mol. The van der Waals surface area contributed by atoms with E-state index in [9.17, 15) is 31.2 Å². The number of esters is 1. The molecule has 6 rings (SSSR count). The second kappa shape index (κ2) is 12.5. The van der Waals surface area contributed by atoms with Crippen LogP contribution in [0.15, 0.2) is 30.6 Å². The van der Waals surface area contributed by atoms with Gasteiger partial charge in [-0.2, -0.15) is 0 Å². The number of rotatable bonds is 11. The van der Waals surface area contributed by atoms with Gasteiger partial charge < -0.3 is 25.0 Å². The van der Waals surface area contributed by atoms with Crippen LogP contribution in [0.25, 0.3) is 10.8 Å². The predicted octanol–water partition coefficient (Wildman–Crippen LogP) is 3.27. The summed E-state index contributed by atoms with van der Waals surface area (Å²) in [4.78, 5) is 38.9. The Morgan fingerprint density at radius 1 is 1.16 bits per heavy atom. The van der Waals surface area contributed by atoms with Crippen molar-refractivity contribution >= 4 is 60.8 Å². The number of nitrogen functional groups attached to an aromatic ring is 1. The maximum atomic E-state index is 13.9. The number of hydrogen-bond donors (Lipinski definition) is 2. The van der Waals surface area contributed by atoms with Crippen molar-refractivity contribution < 1.29 is 40.7 Å². The van der Waals surface area contributed by atoms with E-state index in [4.69, 9.17) is 10.5 Å². The topological polar surface area (TPSA) is 148 Å². The Morgan fingerprint density at radius 3 is 2.60 bits per heavy atom. The molecule has 0 unspecified atom stereocenters. The second-order valence-electron chi connectivity index (χ2n) is 11.3. The molecule has 1 aromatic carbocycles. The van der Waals surface area contributed by atoms with Gasteiger partial charge in [-0.3, -0.25) is 4.79 Å². The zero-order valence-electron chi connectivity index (χ0n) is 23.9. The monoisotopic (exact) mass is 668 g/mol. The molecule has 3 aliphatic rings. The highest BCUT2D eigenvalue weighted by Gasteiger charge is 2.45. The number of anilines is 3. The minimum absolute atomic E-state index is 0.00759. The fourth-order valence-corrected chi connectivity index (χ4v) is 7.65. The van der Waals surface area contributed by atoms with Gasteiger partial charge in [0.1, 0.15) is 28.7 Å². The molecular formula is C28H31F3N6O6S2. The first kappa shape index (κ1) is 31.1. The summed E-state index contributed by atoms with van der Waals surface area (Å²) in [6.45, 7) is 1.69. The van der Waals surface area contributed by atoms with Crippen molar-refractivity contribution in [3.63, 3.8) is 0 Å². The van der Waals surface area contributed by atoms with Crippen molar-refractivity contribution in [2.24, 2.45) is 5.92 Å². The number of hydrogen-bond acceptors (Lipinski definition) is 11. The quantitative estimate of drug-likeness (QED) is 0.231. The summed E-state index contributed by atoms with van der Waals surface area (Å²) in [5.41, 5.74) is 5.88. The van der Waals surface area contributed by atoms with Crippen LogP contribution in [0.3, 0.4) is 0 Å². The van der Waals surface area contributed by atoms with Crippen molar-refractivity contribution in [2.45, 2.75) is 57.0 Å². The molecule has 12 nitrogen and oxygen atoms in total. The fraction of sp³-hybridized carbons (Fsp3) is 0.500. The van der Waals surface area contributed by atoms with Crippen LogP contribution in [-0.4, -0.2) is 79.8 Å². The first-order valence-electron chi connectivity index (χ1n) is 14.5. The number of thiol groups is 1. The standard InChI is InChI=1S/C28H31F3N6O6S2/c29-28(30,31)43-22-13-19-17(5-7-33-24(19)32)11-18(22)12-21(26(39)42-15-16-3-4-16)36-10-6-20(25(36)38)37(45(40)41)23-14-34-27(44-23)35-8-1-2-9-35/h5,7,11,13-14,16,20-21,45H,1-4,6,8-10,12,15H2,(H2,32,33)/t20-,21+/m0/s1. The van der Waals surface area contributed by atoms with Gasteiger partial charge in [0.05, 0.1) is 12.8 Å². The molecule has 17 heteroatoms. The highest BCUT2D eigenvalue weighted by atomic mass is 32.2. The molecule has 3 aromatic rings. The second-order valence-corrected chi connectivity index (χ2v) is 13.2. The zero-order chi connectivity index (χ0) is 31.9. The summed E-state index contributed by atoms with van der Waals surface area (Å²) in [6, 6.07) is 1.56. The molecule has 1 aliphatic carbocycles. The van der Waals surface area contributed by atoms with Crippen molar-refractivity contribution in [1.82, 2.24) is 14.9 Å². The number of amides is 1. The van der Waals surface area contributed by atoms with E-state index >= 15 is 0 Å². The number of aromatic nitrogens is 2. The van der Waals surface area contributed by atoms with Crippen LogP contribution in [0, 0.1) is 5.92 Å². The SMILES string of the molecule is Nc1nccc2cc(C[C@H](C(=O)OCC3CC3)N3CC[C@H](N(c4cnc(N5CCCC5)s4)[SH](=O)=O)C3=O)c(OC(F)(F)F)cc12. The maximum absolute atomic E-state index is 13.9. The number of fused-ring (bicyclic) bond motifs is 1. The van der Waals surface area contributed by atoms with Crippen molar-refractivity contribution in [3.8, 4) is 5.75 Å². The number of thiazole rings is 1. The number of carbonyl (C=O) groups excluding carboxylic acids is 2. The Kier molecular flexibility index (Phi) is 8.65. The average Bonchev–Trinajstić information content (AvgIpc) is 3.31. The lowest BCUT2D eigenvalue weighted by molar-refractivity contribution is -0.274. The summed E-state index contributed by atoms with van der Waals surface area (Å²) in [5, 5.41) is 1.59. The van der Waals surface area contributed by atoms with Gasteiger partial charge in [0, 0.05) is 37.6 Å². The number of alkyl halides is 3. The van der Waals surface area contributed by atoms with Crippen LogP contribution >= 0.6 is 11.3 Å². The molecular weight excluding hydrogens is 637 g/mol. The van der Waals surface area contributed by atoms with E-state index < -0.39 is 47.0 Å². The van der Waals surface area contributed by atoms with Gasteiger partial charge in [-0.25, -0.2) is 27.5 Å². The van der Waals surface area contributed by atoms with Crippen molar-refractivity contribution in [1.29, 1.82) is 0 Å². The smallest absolute Gasteiger partial charge is 0.464 e. The number of carbonyl (C=O) groups is 2. The molecule has 0 spiro atoms. The van der Waals surface area contributed by atoms with Gasteiger partial charge in [-0.15, -0.1) is 13.2 Å². The van der Waals surface area contributed by atoms with Crippen LogP contribution in [0.2, 0.25) is 0 Å². The first-order chi connectivity index (χ1) is 21.5. The summed E-state index contributed by atoms with van der Waals surface area (Å²) in [7, 11) is -3.27. The molecule has 2 atom stereocenters. The van der Waals surface area contributed by atoms with Crippen LogP contribution in [0.5, 0.6) is 5.75 Å². The molecule has 2 N–H and O–H groups in total. The number of likely N-dealkylation sites (tertiary alicyclic amines) is 1. The van der Waals surface area contributed by atoms with E-state index in [2.05, 4.69) is 14.7 Å². The van der Waals surface area contributed by atoms with Gasteiger partial charge in [0.25, 0.3) is 0 Å². The Bertz CT molecular complexity index is 1670. The third-order valence-electron chi connectivity index (χ3n) is 8.19. The number of nitrogens with zero attached hydrogens (tertiary/aromatic N) is 5. The maximum Gasteiger partial charge on any atom is 0.573 e. The number of ether oxygens (including phenoxy) is 2. The van der Waals surface area contributed by atoms with Crippen molar-refractivity contribution in [2.75, 3.05) is 41.2 Å². The molecule has 0 radical (unpaired) electrons. The van der Waals surface area contributed by atoms with Crippen molar-refractivity contribution in [3.05, 3.63) is 36.2 Å². The first-order valence-corrected chi connectivity index (χ1v) is 16.5. The van der Waals surface area contributed by atoms with Crippen LogP contribution in [0.4, 0.5) is 29.1 Å². The zero-order valence-corrected chi connectivity index (χ0v) is 25.7. The normalized spacial score (nSPS) is 19.5. The summed E-state index contributed by atoms with van der Waals surface area (Å²) >= 11 is 1.16. The molecule has 242 valence electrons. The molecule has 2 saturated heterocycles. The molecule has 1 amide bonds. The van der Waals surface area contributed by atoms with Gasteiger partial charge in [-0.05, 0) is 67.2 Å². The number of pyridine rings is 1. The third kappa shape index (κ3) is 6.88. The van der Waals surface area contributed by atoms with E-state index in [1.807, 2.05) is 4.90 Å². The highest BCUT2D eigenvalue weighted by Crippen LogP contribution is 2.37. The molecule has 1 saturated carbocycles. The summed E-state index contributed by atoms with van der Waals surface area (Å²) < 4.78 is 76.3. The lowest BCUT2D eigenvalue weighted by atomic mass is 10.00. The molecule has 4 heterocycles. The molecule has 2 aromatic heterocycles. The van der Waals surface area contributed by atoms with E-state index in [1.165, 1.54) is 23.4 Å². The lowest BCUT2D eigenvalue weighted by Gasteiger charge is -2.28. The van der Waals surface area contributed by atoms with Crippen LogP contribution in [-0.2, 0) is 31.6 Å². The van der Waals surface area contributed by atoms with Gasteiger partial charge in [0.15, 0.2) is 5.13 Å². The number of benzene rings is 1. The molecule has 45 heavy (non-hydrogen) atoms. The van der Waals surface area contributed by atoms with Crippen LogP contribution < -0.4 is 19.7 Å². The van der Waals surface area contributed by atoms with E-state index in [0.717, 1.165) is 60.5 Å². The van der Waals surface area contributed by atoms with Crippen LogP contribution in [0.1, 0.15) is 37.7 Å². The number of nitrogens with two attached hydrogens (primary N) is 1. The van der Waals surface area contributed by atoms with Gasteiger partial charge in [0.2, 0.25) is 16.8 Å². The molecule has 0 bridgehead atoms. The summed E-state index contributed by atoms with van der Waals surface area (Å²) in [6.07, 6.45) is 1.19. The largest absolute Gasteiger partial charge is 0.573 e. The minimum Gasteiger partial charge on any atom is -0.464 e. The Balaban J connectivity index is 1.31. The Morgan fingerprint density at radius 2 is 1.91 bits per heavy atom. The minimum atomic E-state index is -5.06. The lowest BCUT2D eigenvalue weighted by Crippen LogP contribution is -2.48. The van der Waals surface area contributed by atoms with E-state index in [-0.39, 0.29) is 53.7 Å². The highest BCUT2D eigenvalue weighted by molar-refractivity contribution is 7.74. The molecule has 3 fully saturated rings. The Labute approximate surface area is 262 Å². The Hall–Kier alpha value is -3.86. The average molecular weight is 669 g/mol. The molecule has 2 aliphatic heterocycles. The van der Waals surface area contributed by atoms with E-state index in [0.29, 0.717) is 10.5 Å². The third-order valence-corrected chi connectivity index (χ3v) is 10.2.